The first-order chi connectivity index (χ1) is 10.9. The number of piperidine rings is 1. The van der Waals surface area contributed by atoms with E-state index in [9.17, 15) is 19.7 Å². The van der Waals surface area contributed by atoms with Crippen LogP contribution in [-0.2, 0) is 9.59 Å². The number of carbonyl (C=O) groups excluding carboxylic acids is 1. The Morgan fingerprint density at radius 2 is 2.17 bits per heavy atom. The van der Waals surface area contributed by atoms with E-state index in [0.717, 1.165) is 0 Å². The van der Waals surface area contributed by atoms with E-state index < -0.39 is 16.8 Å². The zero-order valence-electron chi connectivity index (χ0n) is 12.7. The van der Waals surface area contributed by atoms with Crippen LogP contribution in [0.3, 0.4) is 0 Å². The van der Waals surface area contributed by atoms with Crippen LogP contribution in [0.25, 0.3) is 0 Å². The zero-order valence-corrected chi connectivity index (χ0v) is 12.7. The predicted molar refractivity (Wildman–Crippen MR) is 80.1 cm³/mol. The van der Waals surface area contributed by atoms with Crippen LogP contribution in [0.5, 0.6) is 5.75 Å². The molecule has 1 aromatic rings. The molecule has 0 aliphatic carbocycles. The van der Waals surface area contributed by atoms with E-state index >= 15 is 0 Å². The highest BCUT2D eigenvalue weighted by Crippen LogP contribution is 2.23. The third-order valence-corrected chi connectivity index (χ3v) is 3.94. The molecule has 23 heavy (non-hydrogen) atoms. The Labute approximate surface area is 132 Å². The van der Waals surface area contributed by atoms with Crippen LogP contribution in [0.4, 0.5) is 5.69 Å². The molecule has 0 saturated carbocycles. The zero-order chi connectivity index (χ0) is 17.0. The van der Waals surface area contributed by atoms with E-state index in [1.807, 2.05) is 6.92 Å². The smallest absolute Gasteiger partial charge is 0.308 e. The molecule has 0 spiro atoms. The summed E-state index contributed by atoms with van der Waals surface area (Å²) in [6.07, 6.45) is 1.17. The van der Waals surface area contributed by atoms with Crippen molar-refractivity contribution in [1.29, 1.82) is 0 Å². The lowest BCUT2D eigenvalue weighted by atomic mass is 9.93. The van der Waals surface area contributed by atoms with E-state index in [1.54, 1.807) is 0 Å². The van der Waals surface area contributed by atoms with Gasteiger partial charge in [0.05, 0.1) is 16.9 Å². The highest BCUT2D eigenvalue weighted by atomic mass is 16.6. The second-order valence-corrected chi connectivity index (χ2v) is 5.55. The van der Waals surface area contributed by atoms with Gasteiger partial charge in [0.2, 0.25) is 0 Å². The van der Waals surface area contributed by atoms with Crippen molar-refractivity contribution < 1.29 is 24.4 Å². The number of rotatable bonds is 5. The van der Waals surface area contributed by atoms with Gasteiger partial charge in [0, 0.05) is 18.7 Å². The maximum atomic E-state index is 12.2. The number of likely N-dealkylation sites (tertiary alicyclic amines) is 1. The second kappa shape index (κ2) is 7.08. The van der Waals surface area contributed by atoms with Crippen molar-refractivity contribution in [1.82, 2.24) is 4.90 Å². The van der Waals surface area contributed by atoms with Crippen LogP contribution < -0.4 is 4.74 Å². The SMILES string of the molecule is CC1CCC(C(=O)O)CN1C(=O)COc1cccc([N+](=O)[O-])c1. The first-order valence-electron chi connectivity index (χ1n) is 7.28. The van der Waals surface area contributed by atoms with E-state index in [0.29, 0.717) is 12.8 Å². The van der Waals surface area contributed by atoms with Gasteiger partial charge in [-0.25, -0.2) is 0 Å². The van der Waals surface area contributed by atoms with Crippen LogP contribution in [0.1, 0.15) is 19.8 Å². The molecule has 0 radical (unpaired) electrons. The molecule has 2 unspecified atom stereocenters. The molecule has 1 amide bonds. The number of hydrogen-bond acceptors (Lipinski definition) is 5. The molecule has 1 heterocycles. The van der Waals surface area contributed by atoms with Crippen molar-refractivity contribution in [3.63, 3.8) is 0 Å². The van der Waals surface area contributed by atoms with Crippen molar-refractivity contribution in [2.45, 2.75) is 25.8 Å². The highest BCUT2D eigenvalue weighted by molar-refractivity contribution is 5.79. The summed E-state index contributed by atoms with van der Waals surface area (Å²) in [4.78, 5) is 35.0. The van der Waals surface area contributed by atoms with Gasteiger partial charge in [0.25, 0.3) is 11.6 Å². The quantitative estimate of drug-likeness (QED) is 0.652. The summed E-state index contributed by atoms with van der Waals surface area (Å²) in [7, 11) is 0. The van der Waals surface area contributed by atoms with Crippen LogP contribution in [-0.4, -0.2) is 46.0 Å². The molecule has 1 saturated heterocycles. The van der Waals surface area contributed by atoms with Crippen LogP contribution in [0, 0.1) is 16.0 Å². The molecular weight excluding hydrogens is 304 g/mol. The fourth-order valence-corrected chi connectivity index (χ4v) is 2.57. The van der Waals surface area contributed by atoms with Gasteiger partial charge >= 0.3 is 5.97 Å². The number of nitro benzene ring substituents is 1. The van der Waals surface area contributed by atoms with Gasteiger partial charge in [-0.1, -0.05) is 6.07 Å². The van der Waals surface area contributed by atoms with Crippen molar-refractivity contribution in [2.24, 2.45) is 5.92 Å². The number of hydrogen-bond donors (Lipinski definition) is 1. The predicted octanol–water partition coefficient (Wildman–Crippen LogP) is 1.69. The maximum absolute atomic E-state index is 12.2. The molecule has 1 aliphatic rings. The number of carboxylic acid groups (broad SMARTS) is 1. The lowest BCUT2D eigenvalue weighted by molar-refractivity contribution is -0.384. The molecular formula is C15H18N2O6. The topological polar surface area (TPSA) is 110 Å². The van der Waals surface area contributed by atoms with Gasteiger partial charge in [-0.2, -0.15) is 0 Å². The lowest BCUT2D eigenvalue weighted by Crippen LogP contribution is -2.49. The van der Waals surface area contributed by atoms with Crippen molar-refractivity contribution in [3.8, 4) is 5.75 Å². The normalized spacial score (nSPS) is 20.8. The fraction of sp³-hybridized carbons (Fsp3) is 0.467. The Balaban J connectivity index is 1.97. The molecule has 124 valence electrons. The third-order valence-electron chi connectivity index (χ3n) is 3.94. The van der Waals surface area contributed by atoms with E-state index in [4.69, 9.17) is 9.84 Å². The molecule has 1 aromatic carbocycles. The van der Waals surface area contributed by atoms with Crippen LogP contribution >= 0.6 is 0 Å². The minimum atomic E-state index is -0.908. The van der Waals surface area contributed by atoms with Gasteiger partial charge in [-0.05, 0) is 25.8 Å². The maximum Gasteiger partial charge on any atom is 0.308 e. The number of ether oxygens (including phenoxy) is 1. The number of aliphatic carboxylic acids is 1. The number of carbonyl (C=O) groups is 2. The number of amides is 1. The van der Waals surface area contributed by atoms with E-state index in [-0.39, 0.29) is 36.5 Å². The molecule has 1 fully saturated rings. The second-order valence-electron chi connectivity index (χ2n) is 5.55. The number of carboxylic acids is 1. The summed E-state index contributed by atoms with van der Waals surface area (Å²) in [6, 6.07) is 5.53. The number of nitro groups is 1. The largest absolute Gasteiger partial charge is 0.484 e. The van der Waals surface area contributed by atoms with Gasteiger partial charge in [-0.15, -0.1) is 0 Å². The molecule has 0 aromatic heterocycles. The minimum absolute atomic E-state index is 0.0493. The van der Waals surface area contributed by atoms with Crippen LogP contribution in [0.2, 0.25) is 0 Å². The fourth-order valence-electron chi connectivity index (χ4n) is 2.57. The van der Waals surface area contributed by atoms with E-state index in [2.05, 4.69) is 0 Å². The first kappa shape index (κ1) is 16.7. The minimum Gasteiger partial charge on any atom is -0.484 e. The van der Waals surface area contributed by atoms with Crippen molar-refractivity contribution in [3.05, 3.63) is 34.4 Å². The average Bonchev–Trinajstić information content (AvgIpc) is 2.53. The Morgan fingerprint density at radius 1 is 1.43 bits per heavy atom. The van der Waals surface area contributed by atoms with Gasteiger partial charge in [0.15, 0.2) is 6.61 Å². The summed E-state index contributed by atoms with van der Waals surface area (Å²) in [5, 5.41) is 19.8. The standard InChI is InChI=1S/C15H18N2O6/c1-10-5-6-11(15(19)20)8-16(10)14(18)9-23-13-4-2-3-12(7-13)17(21)22/h2-4,7,10-11H,5-6,8-9H2,1H3,(H,19,20). The first-order valence-corrected chi connectivity index (χ1v) is 7.28. The summed E-state index contributed by atoms with van der Waals surface area (Å²) >= 11 is 0. The molecule has 0 bridgehead atoms. The molecule has 8 nitrogen and oxygen atoms in total. The Hall–Kier alpha value is -2.64. The summed E-state index contributed by atoms with van der Waals surface area (Å²) in [6.45, 7) is 1.74. The van der Waals surface area contributed by atoms with Gasteiger partial charge in [0.1, 0.15) is 5.75 Å². The Kier molecular flexibility index (Phi) is 5.15. The van der Waals surface area contributed by atoms with Crippen LogP contribution in [0.15, 0.2) is 24.3 Å². The van der Waals surface area contributed by atoms with Crippen molar-refractivity contribution in [2.75, 3.05) is 13.2 Å². The van der Waals surface area contributed by atoms with Crippen molar-refractivity contribution >= 4 is 17.6 Å². The molecule has 2 rings (SSSR count). The summed E-state index contributed by atoms with van der Waals surface area (Å²) in [5.41, 5.74) is -0.118. The third kappa shape index (κ3) is 4.18. The lowest BCUT2D eigenvalue weighted by Gasteiger charge is -2.36. The van der Waals surface area contributed by atoms with Gasteiger partial charge < -0.3 is 14.7 Å². The monoisotopic (exact) mass is 322 g/mol. The van der Waals surface area contributed by atoms with Gasteiger partial charge in [-0.3, -0.25) is 19.7 Å². The molecule has 2 atom stereocenters. The molecule has 8 heteroatoms. The summed E-state index contributed by atoms with van der Waals surface area (Å²) < 4.78 is 5.31. The number of benzene rings is 1. The Bertz CT molecular complexity index is 618. The highest BCUT2D eigenvalue weighted by Gasteiger charge is 2.32. The number of nitrogens with zero attached hydrogens (tertiary/aromatic N) is 2. The Morgan fingerprint density at radius 3 is 2.83 bits per heavy atom. The number of non-ortho nitro benzene ring substituents is 1. The molecule has 1 N–H and O–H groups in total. The summed E-state index contributed by atoms with van der Waals surface area (Å²) in [5.74, 6) is -1.57. The van der Waals surface area contributed by atoms with E-state index in [1.165, 1.54) is 29.2 Å². The molecule has 1 aliphatic heterocycles. The average molecular weight is 322 g/mol.